The molecule has 7 heteroatoms. The lowest BCUT2D eigenvalue weighted by Crippen LogP contribution is -2.30. The van der Waals surface area contributed by atoms with E-state index >= 15 is 0 Å². The van der Waals surface area contributed by atoms with Crippen LogP contribution >= 0.6 is 22.9 Å². The summed E-state index contributed by atoms with van der Waals surface area (Å²) in [6.45, 7) is 2.37. The van der Waals surface area contributed by atoms with Crippen molar-refractivity contribution in [3.05, 3.63) is 51.6 Å². The number of nitrogen functional groups attached to an aromatic ring is 1. The van der Waals surface area contributed by atoms with Crippen molar-refractivity contribution in [1.29, 1.82) is 0 Å². The smallest absolute Gasteiger partial charge is 0.275 e. The number of hydrogen-bond donors (Lipinski definition) is 2. The maximum absolute atomic E-state index is 12.0. The summed E-state index contributed by atoms with van der Waals surface area (Å²) >= 11 is 7.46. The standard InChI is InChI=1S/C14H13ClN4OS/c1-8-11(15)6-17-19(8)7-10-9-4-2-3-5-12(9)21-13(10)14(20)18-16/h2-6H,7,16H2,1H3,(H,18,20). The number of carbonyl (C=O) groups excluding carboxylic acids is 1. The number of thiophene rings is 1. The molecule has 2 heterocycles. The van der Waals surface area contributed by atoms with E-state index in [0.29, 0.717) is 16.4 Å². The molecular formula is C14H13ClN4OS. The summed E-state index contributed by atoms with van der Waals surface area (Å²) in [6.07, 6.45) is 1.61. The summed E-state index contributed by atoms with van der Waals surface area (Å²) in [4.78, 5) is 12.6. The predicted octanol–water partition coefficient (Wildman–Crippen LogP) is 2.71. The van der Waals surface area contributed by atoms with E-state index in [1.165, 1.54) is 11.3 Å². The van der Waals surface area contributed by atoms with E-state index in [-0.39, 0.29) is 5.91 Å². The third kappa shape index (κ3) is 2.42. The molecule has 3 rings (SSSR count). The van der Waals surface area contributed by atoms with Gasteiger partial charge in [0.05, 0.1) is 28.3 Å². The average Bonchev–Trinajstić information content (AvgIpc) is 3.02. The van der Waals surface area contributed by atoms with Gasteiger partial charge < -0.3 is 0 Å². The van der Waals surface area contributed by atoms with Crippen LogP contribution in [0.3, 0.4) is 0 Å². The van der Waals surface area contributed by atoms with Gasteiger partial charge in [-0.15, -0.1) is 11.3 Å². The van der Waals surface area contributed by atoms with Crippen LogP contribution in [0.1, 0.15) is 20.9 Å². The van der Waals surface area contributed by atoms with Crippen molar-refractivity contribution in [3.8, 4) is 0 Å². The number of amides is 1. The number of carbonyl (C=O) groups is 1. The fraction of sp³-hybridized carbons (Fsp3) is 0.143. The first-order valence-corrected chi connectivity index (χ1v) is 7.50. The highest BCUT2D eigenvalue weighted by Gasteiger charge is 2.19. The average molecular weight is 321 g/mol. The van der Waals surface area contributed by atoms with Gasteiger partial charge in [-0.05, 0) is 18.4 Å². The maximum atomic E-state index is 12.0. The minimum absolute atomic E-state index is 0.290. The van der Waals surface area contributed by atoms with E-state index in [9.17, 15) is 4.79 Å². The van der Waals surface area contributed by atoms with E-state index < -0.39 is 0 Å². The van der Waals surface area contributed by atoms with Gasteiger partial charge in [-0.2, -0.15) is 5.10 Å². The molecule has 0 aliphatic carbocycles. The number of nitrogens with one attached hydrogen (secondary N) is 1. The molecule has 0 radical (unpaired) electrons. The van der Waals surface area contributed by atoms with Crippen LogP contribution in [0.2, 0.25) is 5.02 Å². The fourth-order valence-electron chi connectivity index (χ4n) is 2.24. The zero-order chi connectivity index (χ0) is 15.0. The Kier molecular flexibility index (Phi) is 3.67. The van der Waals surface area contributed by atoms with Crippen molar-refractivity contribution in [1.82, 2.24) is 15.2 Å². The first kappa shape index (κ1) is 14.1. The van der Waals surface area contributed by atoms with Gasteiger partial charge >= 0.3 is 0 Å². The van der Waals surface area contributed by atoms with Crippen LogP contribution in [0, 0.1) is 6.92 Å². The van der Waals surface area contributed by atoms with Gasteiger partial charge in [0.25, 0.3) is 5.91 Å². The lowest BCUT2D eigenvalue weighted by Gasteiger charge is -2.06. The molecule has 0 aliphatic heterocycles. The molecule has 3 aromatic rings. The fourth-order valence-corrected chi connectivity index (χ4v) is 3.50. The molecule has 0 bridgehead atoms. The predicted molar refractivity (Wildman–Crippen MR) is 84.6 cm³/mol. The Balaban J connectivity index is 2.15. The van der Waals surface area contributed by atoms with E-state index in [0.717, 1.165) is 21.3 Å². The molecule has 3 N–H and O–H groups in total. The molecule has 0 fully saturated rings. The van der Waals surface area contributed by atoms with Gasteiger partial charge in [0.15, 0.2) is 0 Å². The second kappa shape index (κ2) is 5.48. The molecule has 0 spiro atoms. The third-order valence-electron chi connectivity index (χ3n) is 3.39. The molecule has 1 aromatic carbocycles. The van der Waals surface area contributed by atoms with Crippen LogP contribution in [-0.4, -0.2) is 15.7 Å². The van der Waals surface area contributed by atoms with Crippen molar-refractivity contribution in [2.24, 2.45) is 5.84 Å². The van der Waals surface area contributed by atoms with Crippen molar-refractivity contribution >= 4 is 38.9 Å². The lowest BCUT2D eigenvalue weighted by atomic mass is 10.1. The molecule has 0 saturated heterocycles. The first-order valence-electron chi connectivity index (χ1n) is 6.31. The molecule has 0 aliphatic rings. The number of halogens is 1. The number of rotatable bonds is 3. The molecule has 1 amide bonds. The van der Waals surface area contributed by atoms with Crippen LogP contribution in [0.5, 0.6) is 0 Å². The highest BCUT2D eigenvalue weighted by molar-refractivity contribution is 7.21. The van der Waals surface area contributed by atoms with Gasteiger partial charge in [-0.25, -0.2) is 5.84 Å². The topological polar surface area (TPSA) is 72.9 Å². The Morgan fingerprint density at radius 2 is 2.24 bits per heavy atom. The van der Waals surface area contributed by atoms with Crippen LogP contribution < -0.4 is 11.3 Å². The van der Waals surface area contributed by atoms with E-state index in [1.807, 2.05) is 31.2 Å². The van der Waals surface area contributed by atoms with Crippen molar-refractivity contribution in [3.63, 3.8) is 0 Å². The molecular weight excluding hydrogens is 308 g/mol. The second-order valence-corrected chi connectivity index (χ2v) is 6.07. The summed E-state index contributed by atoms with van der Waals surface area (Å²) < 4.78 is 2.83. The highest BCUT2D eigenvalue weighted by atomic mass is 35.5. The van der Waals surface area contributed by atoms with Gasteiger partial charge in [0.1, 0.15) is 0 Å². The van der Waals surface area contributed by atoms with Crippen LogP contribution in [0.4, 0.5) is 0 Å². The minimum Gasteiger partial charge on any atom is -0.289 e. The van der Waals surface area contributed by atoms with Gasteiger partial charge in [0.2, 0.25) is 0 Å². The number of aromatic nitrogens is 2. The number of benzene rings is 1. The van der Waals surface area contributed by atoms with Crippen LogP contribution in [0.25, 0.3) is 10.1 Å². The number of nitrogens with zero attached hydrogens (tertiary/aromatic N) is 2. The lowest BCUT2D eigenvalue weighted by molar-refractivity contribution is 0.0957. The van der Waals surface area contributed by atoms with E-state index in [1.54, 1.807) is 10.9 Å². The summed E-state index contributed by atoms with van der Waals surface area (Å²) in [5, 5.41) is 5.89. The first-order chi connectivity index (χ1) is 10.1. The Labute approximate surface area is 130 Å². The summed E-state index contributed by atoms with van der Waals surface area (Å²) in [5.74, 6) is 5.00. The zero-order valence-corrected chi connectivity index (χ0v) is 12.8. The molecule has 108 valence electrons. The van der Waals surface area contributed by atoms with Gasteiger partial charge in [-0.3, -0.25) is 14.9 Å². The summed E-state index contributed by atoms with van der Waals surface area (Å²) in [6, 6.07) is 7.88. The molecule has 21 heavy (non-hydrogen) atoms. The Bertz CT molecular complexity index is 824. The second-order valence-electron chi connectivity index (χ2n) is 4.61. The Hall–Kier alpha value is -1.89. The Morgan fingerprint density at radius 3 is 2.90 bits per heavy atom. The van der Waals surface area contributed by atoms with Gasteiger partial charge in [-0.1, -0.05) is 29.8 Å². The maximum Gasteiger partial charge on any atom is 0.275 e. The summed E-state index contributed by atoms with van der Waals surface area (Å²) in [7, 11) is 0. The Morgan fingerprint density at radius 1 is 1.48 bits per heavy atom. The monoisotopic (exact) mass is 320 g/mol. The number of hydrazine groups is 1. The van der Waals surface area contributed by atoms with Crippen molar-refractivity contribution in [2.75, 3.05) is 0 Å². The number of hydrogen-bond acceptors (Lipinski definition) is 4. The van der Waals surface area contributed by atoms with E-state index in [4.69, 9.17) is 17.4 Å². The normalized spacial score (nSPS) is 11.0. The van der Waals surface area contributed by atoms with Crippen molar-refractivity contribution < 1.29 is 4.79 Å². The molecule has 5 nitrogen and oxygen atoms in total. The quantitative estimate of drug-likeness (QED) is 0.443. The zero-order valence-electron chi connectivity index (χ0n) is 11.3. The van der Waals surface area contributed by atoms with Crippen molar-refractivity contribution in [2.45, 2.75) is 13.5 Å². The third-order valence-corrected chi connectivity index (χ3v) is 4.97. The molecule has 2 aromatic heterocycles. The van der Waals surface area contributed by atoms with E-state index in [2.05, 4.69) is 10.5 Å². The number of fused-ring (bicyclic) bond motifs is 1. The largest absolute Gasteiger partial charge is 0.289 e. The van der Waals surface area contributed by atoms with Crippen LogP contribution in [-0.2, 0) is 6.54 Å². The SMILES string of the molecule is Cc1c(Cl)cnn1Cc1c(C(=O)NN)sc2ccccc12. The highest BCUT2D eigenvalue weighted by Crippen LogP contribution is 2.32. The summed E-state index contributed by atoms with van der Waals surface area (Å²) in [5.41, 5.74) is 3.97. The molecule has 0 unspecified atom stereocenters. The number of nitrogens with two attached hydrogens (primary N) is 1. The van der Waals surface area contributed by atoms with Crippen LogP contribution in [0.15, 0.2) is 30.5 Å². The van der Waals surface area contributed by atoms with Gasteiger partial charge in [0, 0.05) is 10.3 Å². The minimum atomic E-state index is -0.290. The molecule has 0 saturated carbocycles. The molecule has 0 atom stereocenters.